The van der Waals surface area contributed by atoms with Gasteiger partial charge in [-0.3, -0.25) is 4.68 Å². The first-order valence-electron chi connectivity index (χ1n) is 6.79. The van der Waals surface area contributed by atoms with Crippen molar-refractivity contribution in [1.82, 2.24) is 19.7 Å². The van der Waals surface area contributed by atoms with Gasteiger partial charge in [0.2, 0.25) is 5.95 Å². The van der Waals surface area contributed by atoms with Gasteiger partial charge in [-0.25, -0.2) is 4.98 Å². The number of nitrogens with zero attached hydrogens (tertiary/aromatic N) is 4. The van der Waals surface area contributed by atoms with E-state index in [-0.39, 0.29) is 5.95 Å². The number of halogens is 1. The molecule has 0 unspecified atom stereocenters. The fraction of sp³-hybridized carbons (Fsp3) is 0.133. The quantitative estimate of drug-likeness (QED) is 0.707. The van der Waals surface area contributed by atoms with Gasteiger partial charge in [0, 0.05) is 25.0 Å². The summed E-state index contributed by atoms with van der Waals surface area (Å²) in [4.78, 5) is 7.95. The Hall–Kier alpha value is -2.60. The number of nitrogens with one attached hydrogen (secondary N) is 1. The van der Waals surface area contributed by atoms with Crippen LogP contribution in [0.4, 0.5) is 11.8 Å². The molecule has 3 aromatic rings. The van der Waals surface area contributed by atoms with Crippen molar-refractivity contribution < 1.29 is 0 Å². The largest absolute Gasteiger partial charge is 0.368 e. The molecule has 3 rings (SSSR count). The first-order valence-corrected chi connectivity index (χ1v) is 7.16. The maximum absolute atomic E-state index is 5.88. The van der Waals surface area contributed by atoms with Gasteiger partial charge in [0.25, 0.3) is 0 Å². The average molecular weight is 315 g/mol. The van der Waals surface area contributed by atoms with Crippen LogP contribution < -0.4 is 11.1 Å². The Morgan fingerprint density at radius 1 is 1.14 bits per heavy atom. The van der Waals surface area contributed by atoms with E-state index in [1.54, 1.807) is 12.3 Å². The molecule has 0 saturated heterocycles. The van der Waals surface area contributed by atoms with Crippen LogP contribution in [0.3, 0.4) is 0 Å². The van der Waals surface area contributed by atoms with Crippen LogP contribution in [0.2, 0.25) is 5.15 Å². The molecule has 0 aliphatic rings. The van der Waals surface area contributed by atoms with Gasteiger partial charge in [-0.15, -0.1) is 0 Å². The van der Waals surface area contributed by atoms with Gasteiger partial charge >= 0.3 is 0 Å². The minimum atomic E-state index is 0.153. The third-order valence-corrected chi connectivity index (χ3v) is 3.38. The summed E-state index contributed by atoms with van der Waals surface area (Å²) in [7, 11) is 0. The summed E-state index contributed by atoms with van der Waals surface area (Å²) in [6, 6.07) is 11.7. The van der Waals surface area contributed by atoms with Gasteiger partial charge in [-0.05, 0) is 17.2 Å². The van der Waals surface area contributed by atoms with Gasteiger partial charge in [0.05, 0.1) is 6.54 Å². The second-order valence-corrected chi connectivity index (χ2v) is 5.15. The molecule has 0 saturated carbocycles. The normalized spacial score (nSPS) is 10.6. The molecule has 0 bridgehead atoms. The van der Waals surface area contributed by atoms with E-state index in [0.717, 1.165) is 12.1 Å². The second kappa shape index (κ2) is 6.44. The van der Waals surface area contributed by atoms with E-state index in [9.17, 15) is 0 Å². The molecule has 6 nitrogen and oxygen atoms in total. The second-order valence-electron chi connectivity index (χ2n) is 4.76. The molecule has 22 heavy (non-hydrogen) atoms. The molecule has 0 atom stereocenters. The summed E-state index contributed by atoms with van der Waals surface area (Å²) < 4.78 is 1.89. The fourth-order valence-electron chi connectivity index (χ4n) is 2.16. The highest BCUT2D eigenvalue weighted by Crippen LogP contribution is 2.16. The summed E-state index contributed by atoms with van der Waals surface area (Å²) in [6.45, 7) is 1.34. The molecule has 7 heteroatoms. The van der Waals surface area contributed by atoms with Crippen molar-refractivity contribution in [2.75, 3.05) is 11.1 Å². The topological polar surface area (TPSA) is 81.6 Å². The van der Waals surface area contributed by atoms with Crippen molar-refractivity contribution in [2.45, 2.75) is 13.1 Å². The average Bonchev–Trinajstić information content (AvgIpc) is 2.98. The van der Waals surface area contributed by atoms with Crippen molar-refractivity contribution in [3.63, 3.8) is 0 Å². The zero-order valence-corrected chi connectivity index (χ0v) is 12.5. The number of hydrogen-bond acceptors (Lipinski definition) is 5. The van der Waals surface area contributed by atoms with Gasteiger partial charge < -0.3 is 11.1 Å². The maximum Gasteiger partial charge on any atom is 0.223 e. The van der Waals surface area contributed by atoms with Crippen LogP contribution in [-0.4, -0.2) is 19.7 Å². The lowest BCUT2D eigenvalue weighted by atomic mass is 10.1. The molecule has 2 aromatic heterocycles. The SMILES string of the molecule is Nc1nc(Cl)cc(NCc2ccccc2Cn2cccn2)n1. The highest BCUT2D eigenvalue weighted by molar-refractivity contribution is 6.29. The van der Waals surface area contributed by atoms with Gasteiger partial charge in [0.1, 0.15) is 11.0 Å². The Labute approximate surface area is 133 Å². The van der Waals surface area contributed by atoms with Crippen molar-refractivity contribution in [3.05, 3.63) is 65.1 Å². The molecular weight excluding hydrogens is 300 g/mol. The number of benzene rings is 1. The molecule has 3 N–H and O–H groups in total. The van der Waals surface area contributed by atoms with E-state index in [4.69, 9.17) is 17.3 Å². The maximum atomic E-state index is 5.88. The van der Waals surface area contributed by atoms with Gasteiger partial charge in [-0.2, -0.15) is 10.1 Å². The minimum absolute atomic E-state index is 0.153. The highest BCUT2D eigenvalue weighted by Gasteiger charge is 2.05. The summed E-state index contributed by atoms with van der Waals surface area (Å²) in [5.74, 6) is 0.756. The lowest BCUT2D eigenvalue weighted by Gasteiger charge is -2.11. The molecule has 112 valence electrons. The Bertz CT molecular complexity index is 736. The highest BCUT2D eigenvalue weighted by atomic mass is 35.5. The van der Waals surface area contributed by atoms with Crippen LogP contribution in [0.25, 0.3) is 0 Å². The van der Waals surface area contributed by atoms with Crippen LogP contribution in [-0.2, 0) is 13.1 Å². The first-order chi connectivity index (χ1) is 10.7. The smallest absolute Gasteiger partial charge is 0.223 e. The van der Waals surface area contributed by atoms with Crippen LogP contribution in [0.5, 0.6) is 0 Å². The molecule has 0 aliphatic heterocycles. The summed E-state index contributed by atoms with van der Waals surface area (Å²) in [5.41, 5.74) is 7.94. The number of hydrogen-bond donors (Lipinski definition) is 2. The summed E-state index contributed by atoms with van der Waals surface area (Å²) in [5, 5.41) is 7.77. The van der Waals surface area contributed by atoms with E-state index in [0.29, 0.717) is 17.5 Å². The monoisotopic (exact) mass is 314 g/mol. The fourth-order valence-corrected chi connectivity index (χ4v) is 2.35. The zero-order valence-electron chi connectivity index (χ0n) is 11.8. The number of anilines is 2. The van der Waals surface area contributed by atoms with Crippen molar-refractivity contribution in [3.8, 4) is 0 Å². The predicted molar refractivity (Wildman–Crippen MR) is 86.6 cm³/mol. The molecule has 0 radical (unpaired) electrons. The molecule has 2 heterocycles. The number of nitrogen functional groups attached to an aromatic ring is 1. The summed E-state index contributed by atoms with van der Waals surface area (Å²) >= 11 is 5.88. The van der Waals surface area contributed by atoms with E-state index < -0.39 is 0 Å². The molecule has 1 aromatic carbocycles. The molecule has 0 spiro atoms. The zero-order chi connectivity index (χ0) is 15.4. The third kappa shape index (κ3) is 3.53. The lowest BCUT2D eigenvalue weighted by Crippen LogP contribution is -2.08. The van der Waals surface area contributed by atoms with E-state index in [1.165, 1.54) is 5.56 Å². The Morgan fingerprint density at radius 3 is 2.68 bits per heavy atom. The first kappa shape index (κ1) is 14.3. The number of nitrogens with two attached hydrogens (primary N) is 1. The van der Waals surface area contributed by atoms with E-state index >= 15 is 0 Å². The molecule has 0 fully saturated rings. The van der Waals surface area contributed by atoms with Crippen LogP contribution >= 0.6 is 11.6 Å². The molecule has 0 amide bonds. The predicted octanol–water partition coefficient (Wildman–Crippen LogP) is 2.57. The minimum Gasteiger partial charge on any atom is -0.368 e. The van der Waals surface area contributed by atoms with E-state index in [1.807, 2.05) is 29.1 Å². The molecular formula is C15H15ClN6. The number of aromatic nitrogens is 4. The van der Waals surface area contributed by atoms with Crippen LogP contribution in [0, 0.1) is 0 Å². The van der Waals surface area contributed by atoms with Crippen molar-refractivity contribution in [1.29, 1.82) is 0 Å². The number of rotatable bonds is 5. The Balaban J connectivity index is 1.75. The third-order valence-electron chi connectivity index (χ3n) is 3.18. The van der Waals surface area contributed by atoms with Crippen LogP contribution in [0.15, 0.2) is 48.8 Å². The Morgan fingerprint density at radius 2 is 1.95 bits per heavy atom. The van der Waals surface area contributed by atoms with Crippen molar-refractivity contribution >= 4 is 23.4 Å². The van der Waals surface area contributed by atoms with E-state index in [2.05, 4.69) is 32.5 Å². The van der Waals surface area contributed by atoms with Gasteiger partial charge in [0.15, 0.2) is 0 Å². The summed E-state index contributed by atoms with van der Waals surface area (Å²) in [6.07, 6.45) is 3.71. The standard InChI is InChI=1S/C15H15ClN6/c16-13-8-14(21-15(17)20-13)18-9-11-4-1-2-5-12(11)10-22-7-3-6-19-22/h1-8H,9-10H2,(H3,17,18,20,21). The van der Waals surface area contributed by atoms with Crippen LogP contribution in [0.1, 0.15) is 11.1 Å². The van der Waals surface area contributed by atoms with Gasteiger partial charge in [-0.1, -0.05) is 35.9 Å². The Kier molecular flexibility index (Phi) is 4.20. The molecule has 0 aliphatic carbocycles. The lowest BCUT2D eigenvalue weighted by molar-refractivity contribution is 0.682. The van der Waals surface area contributed by atoms with Crippen molar-refractivity contribution in [2.24, 2.45) is 0 Å².